The minimum atomic E-state index is -0.135. The largest absolute Gasteiger partial charge is 0.393 e. The number of rotatable bonds is 8. The molecule has 1 aliphatic heterocycles. The highest BCUT2D eigenvalue weighted by atomic mass is 16.5. The maximum absolute atomic E-state index is 9.88. The summed E-state index contributed by atoms with van der Waals surface area (Å²) in [5.74, 6) is 0. The number of unbranched alkanes of at least 4 members (excludes halogenated alkanes) is 4. The van der Waals surface area contributed by atoms with Crippen molar-refractivity contribution in [3.63, 3.8) is 0 Å². The minimum Gasteiger partial charge on any atom is -0.393 e. The summed E-state index contributed by atoms with van der Waals surface area (Å²) in [6.07, 6.45) is 12.0. The van der Waals surface area contributed by atoms with E-state index in [1.807, 2.05) is 0 Å². The highest BCUT2D eigenvalue weighted by molar-refractivity contribution is 4.68. The van der Waals surface area contributed by atoms with E-state index in [0.29, 0.717) is 6.10 Å². The van der Waals surface area contributed by atoms with E-state index < -0.39 is 0 Å². The molecule has 1 heterocycles. The van der Waals surface area contributed by atoms with Gasteiger partial charge in [0.2, 0.25) is 0 Å². The molecule has 96 valence electrons. The molecule has 0 radical (unpaired) electrons. The standard InChI is InChI=1S/C14H28O2/c1-2-3-4-5-6-9-13(15)12-14-10-7-8-11-16-14/h13-15H,2-12H2,1H3. The lowest BCUT2D eigenvalue weighted by Crippen LogP contribution is -2.24. The average molecular weight is 228 g/mol. The van der Waals surface area contributed by atoms with Gasteiger partial charge in [0.15, 0.2) is 0 Å². The molecule has 0 amide bonds. The zero-order valence-corrected chi connectivity index (χ0v) is 10.8. The first-order valence-corrected chi connectivity index (χ1v) is 7.12. The van der Waals surface area contributed by atoms with Crippen molar-refractivity contribution in [3.8, 4) is 0 Å². The molecule has 0 aromatic carbocycles. The second-order valence-corrected chi connectivity index (χ2v) is 5.08. The van der Waals surface area contributed by atoms with Crippen LogP contribution in [0.1, 0.15) is 71.1 Å². The number of aliphatic hydroxyl groups excluding tert-OH is 1. The third kappa shape index (κ3) is 6.49. The van der Waals surface area contributed by atoms with Crippen LogP contribution >= 0.6 is 0 Å². The molecule has 0 aromatic rings. The summed E-state index contributed by atoms with van der Waals surface area (Å²) < 4.78 is 5.63. The van der Waals surface area contributed by atoms with Crippen molar-refractivity contribution >= 4 is 0 Å². The van der Waals surface area contributed by atoms with Crippen LogP contribution in [-0.4, -0.2) is 23.9 Å². The highest BCUT2D eigenvalue weighted by Crippen LogP contribution is 2.19. The summed E-state index contributed by atoms with van der Waals surface area (Å²) in [5.41, 5.74) is 0. The van der Waals surface area contributed by atoms with E-state index in [0.717, 1.165) is 25.9 Å². The van der Waals surface area contributed by atoms with Crippen LogP contribution in [0.15, 0.2) is 0 Å². The predicted octanol–water partition coefficient (Wildman–Crippen LogP) is 3.67. The molecule has 2 heteroatoms. The Balaban J connectivity index is 1.95. The fraction of sp³-hybridized carbons (Fsp3) is 1.00. The molecule has 0 spiro atoms. The summed E-state index contributed by atoms with van der Waals surface area (Å²) in [4.78, 5) is 0. The Hall–Kier alpha value is -0.0800. The lowest BCUT2D eigenvalue weighted by molar-refractivity contribution is -0.0167. The van der Waals surface area contributed by atoms with Crippen LogP contribution in [0.4, 0.5) is 0 Å². The Bertz CT molecular complexity index is 153. The zero-order valence-electron chi connectivity index (χ0n) is 10.8. The number of hydrogen-bond acceptors (Lipinski definition) is 2. The van der Waals surface area contributed by atoms with Crippen LogP contribution in [0.5, 0.6) is 0 Å². The molecule has 1 rings (SSSR count). The van der Waals surface area contributed by atoms with E-state index in [-0.39, 0.29) is 6.10 Å². The van der Waals surface area contributed by atoms with Crippen LogP contribution in [0.3, 0.4) is 0 Å². The molecule has 1 fully saturated rings. The molecule has 1 aliphatic rings. The zero-order chi connectivity index (χ0) is 11.6. The summed E-state index contributed by atoms with van der Waals surface area (Å²) >= 11 is 0. The van der Waals surface area contributed by atoms with Gasteiger partial charge in [-0.1, -0.05) is 39.0 Å². The van der Waals surface area contributed by atoms with Crippen LogP contribution in [0, 0.1) is 0 Å². The summed E-state index contributed by atoms with van der Waals surface area (Å²) in [7, 11) is 0. The first kappa shape index (κ1) is 14.0. The maximum Gasteiger partial charge on any atom is 0.0599 e. The Labute approximate surface area is 100 Å². The Morgan fingerprint density at radius 2 is 2.00 bits per heavy atom. The van der Waals surface area contributed by atoms with Gasteiger partial charge in [-0.25, -0.2) is 0 Å². The van der Waals surface area contributed by atoms with Gasteiger partial charge in [0, 0.05) is 6.61 Å². The van der Waals surface area contributed by atoms with Crippen LogP contribution < -0.4 is 0 Å². The third-order valence-electron chi connectivity index (χ3n) is 3.45. The van der Waals surface area contributed by atoms with Gasteiger partial charge in [0.1, 0.15) is 0 Å². The van der Waals surface area contributed by atoms with Gasteiger partial charge in [-0.15, -0.1) is 0 Å². The second kappa shape index (κ2) is 9.00. The van der Waals surface area contributed by atoms with Gasteiger partial charge in [0.25, 0.3) is 0 Å². The molecule has 2 atom stereocenters. The van der Waals surface area contributed by atoms with Crippen molar-refractivity contribution in [3.05, 3.63) is 0 Å². The maximum atomic E-state index is 9.88. The van der Waals surface area contributed by atoms with Crippen molar-refractivity contribution in [2.24, 2.45) is 0 Å². The normalized spacial score (nSPS) is 23.2. The van der Waals surface area contributed by atoms with Crippen molar-refractivity contribution < 1.29 is 9.84 Å². The number of ether oxygens (including phenoxy) is 1. The van der Waals surface area contributed by atoms with E-state index in [1.165, 1.54) is 44.9 Å². The molecule has 0 aliphatic carbocycles. The number of hydrogen-bond donors (Lipinski definition) is 1. The molecule has 16 heavy (non-hydrogen) atoms. The quantitative estimate of drug-likeness (QED) is 0.642. The fourth-order valence-corrected chi connectivity index (χ4v) is 2.40. The average Bonchev–Trinajstić information content (AvgIpc) is 2.30. The highest BCUT2D eigenvalue weighted by Gasteiger charge is 2.17. The molecule has 1 N–H and O–H groups in total. The monoisotopic (exact) mass is 228 g/mol. The summed E-state index contributed by atoms with van der Waals surface area (Å²) in [6, 6.07) is 0. The van der Waals surface area contributed by atoms with E-state index in [4.69, 9.17) is 4.74 Å². The molecule has 2 nitrogen and oxygen atoms in total. The van der Waals surface area contributed by atoms with Gasteiger partial charge in [-0.05, 0) is 32.1 Å². The van der Waals surface area contributed by atoms with Crippen molar-refractivity contribution in [2.45, 2.75) is 83.3 Å². The molecular formula is C14H28O2. The van der Waals surface area contributed by atoms with E-state index in [9.17, 15) is 5.11 Å². The van der Waals surface area contributed by atoms with E-state index in [2.05, 4.69) is 6.92 Å². The molecule has 1 saturated heterocycles. The summed E-state index contributed by atoms with van der Waals surface area (Å²) in [6.45, 7) is 3.13. The topological polar surface area (TPSA) is 29.5 Å². The van der Waals surface area contributed by atoms with Gasteiger partial charge >= 0.3 is 0 Å². The van der Waals surface area contributed by atoms with Crippen molar-refractivity contribution in [1.82, 2.24) is 0 Å². The van der Waals surface area contributed by atoms with E-state index in [1.54, 1.807) is 0 Å². The first-order chi connectivity index (χ1) is 7.83. The van der Waals surface area contributed by atoms with Crippen molar-refractivity contribution in [1.29, 1.82) is 0 Å². The molecule has 0 aromatic heterocycles. The van der Waals surface area contributed by atoms with Gasteiger partial charge in [-0.3, -0.25) is 0 Å². The molecule has 0 saturated carbocycles. The molecule has 0 bridgehead atoms. The number of aliphatic hydroxyl groups is 1. The van der Waals surface area contributed by atoms with Crippen LogP contribution in [0.25, 0.3) is 0 Å². The van der Waals surface area contributed by atoms with Gasteiger partial charge in [-0.2, -0.15) is 0 Å². The van der Waals surface area contributed by atoms with Gasteiger partial charge in [0.05, 0.1) is 12.2 Å². The van der Waals surface area contributed by atoms with Gasteiger partial charge < -0.3 is 9.84 Å². The predicted molar refractivity (Wildman–Crippen MR) is 67.6 cm³/mol. The minimum absolute atomic E-state index is 0.135. The lowest BCUT2D eigenvalue weighted by Gasteiger charge is -2.24. The Morgan fingerprint density at radius 1 is 1.19 bits per heavy atom. The first-order valence-electron chi connectivity index (χ1n) is 7.12. The third-order valence-corrected chi connectivity index (χ3v) is 3.45. The smallest absolute Gasteiger partial charge is 0.0599 e. The fourth-order valence-electron chi connectivity index (χ4n) is 2.40. The Kier molecular flexibility index (Phi) is 7.87. The van der Waals surface area contributed by atoms with E-state index >= 15 is 0 Å². The molecule has 2 unspecified atom stereocenters. The van der Waals surface area contributed by atoms with Crippen LogP contribution in [0.2, 0.25) is 0 Å². The second-order valence-electron chi connectivity index (χ2n) is 5.08. The summed E-state index contributed by atoms with van der Waals surface area (Å²) in [5, 5.41) is 9.88. The lowest BCUT2D eigenvalue weighted by atomic mass is 9.99. The van der Waals surface area contributed by atoms with Crippen molar-refractivity contribution in [2.75, 3.05) is 6.61 Å². The Morgan fingerprint density at radius 3 is 2.69 bits per heavy atom. The van der Waals surface area contributed by atoms with Crippen LogP contribution in [-0.2, 0) is 4.74 Å². The molecular weight excluding hydrogens is 200 g/mol. The SMILES string of the molecule is CCCCCCCC(O)CC1CCCCO1.